The Labute approximate surface area is 110 Å². The van der Waals surface area contributed by atoms with Crippen LogP contribution in [0.5, 0.6) is 0 Å². The summed E-state index contributed by atoms with van der Waals surface area (Å²) in [6, 6.07) is 10.1. The smallest absolute Gasteiger partial charge is 0.0795 e. The van der Waals surface area contributed by atoms with Crippen LogP contribution in [-0.2, 0) is 11.3 Å². The lowest BCUT2D eigenvalue weighted by atomic mass is 10.1. The summed E-state index contributed by atoms with van der Waals surface area (Å²) in [5, 5.41) is 8.67. The number of aliphatic hydroxyl groups excluding tert-OH is 1. The van der Waals surface area contributed by atoms with Crippen molar-refractivity contribution >= 4 is 0 Å². The van der Waals surface area contributed by atoms with Crippen molar-refractivity contribution < 1.29 is 9.84 Å². The molecule has 1 aromatic rings. The van der Waals surface area contributed by atoms with E-state index in [0.29, 0.717) is 6.61 Å². The average Bonchev–Trinajstić information content (AvgIpc) is 2.42. The van der Waals surface area contributed by atoms with E-state index in [2.05, 4.69) is 6.58 Å². The molecule has 18 heavy (non-hydrogen) atoms. The Balaban J connectivity index is 2.29. The molecule has 0 fully saturated rings. The molecule has 2 nitrogen and oxygen atoms in total. The third kappa shape index (κ3) is 5.80. The Morgan fingerprint density at radius 3 is 2.78 bits per heavy atom. The van der Waals surface area contributed by atoms with Gasteiger partial charge in [0, 0.05) is 6.61 Å². The number of benzene rings is 1. The summed E-state index contributed by atoms with van der Waals surface area (Å²) in [5.41, 5.74) is 2.13. The summed E-state index contributed by atoms with van der Waals surface area (Å²) in [6.07, 6.45) is 5.69. The average molecular weight is 246 g/mol. The van der Waals surface area contributed by atoms with Crippen molar-refractivity contribution in [3.63, 3.8) is 0 Å². The SMILES string of the molecule is C=C(/C=C/CCCO)C(C)OCc1ccccc1. The van der Waals surface area contributed by atoms with Gasteiger partial charge in [-0.05, 0) is 30.9 Å². The predicted molar refractivity (Wildman–Crippen MR) is 75.3 cm³/mol. The summed E-state index contributed by atoms with van der Waals surface area (Å²) in [6.45, 7) is 6.83. The molecule has 0 amide bonds. The van der Waals surface area contributed by atoms with Gasteiger partial charge in [0.25, 0.3) is 0 Å². The zero-order chi connectivity index (χ0) is 13.2. The quantitative estimate of drug-likeness (QED) is 0.562. The molecule has 0 aliphatic heterocycles. The second-order valence-corrected chi connectivity index (χ2v) is 4.28. The second-order valence-electron chi connectivity index (χ2n) is 4.28. The Morgan fingerprint density at radius 2 is 2.11 bits per heavy atom. The van der Waals surface area contributed by atoms with E-state index in [1.54, 1.807) is 0 Å². The molecule has 1 unspecified atom stereocenters. The maximum atomic E-state index is 8.67. The highest BCUT2D eigenvalue weighted by Crippen LogP contribution is 2.10. The highest BCUT2D eigenvalue weighted by Gasteiger charge is 2.04. The van der Waals surface area contributed by atoms with Gasteiger partial charge in [-0.1, -0.05) is 49.1 Å². The Morgan fingerprint density at radius 1 is 1.39 bits per heavy atom. The summed E-state index contributed by atoms with van der Waals surface area (Å²) < 4.78 is 5.75. The molecule has 0 radical (unpaired) electrons. The third-order valence-corrected chi connectivity index (χ3v) is 2.73. The number of unbranched alkanes of at least 4 members (excludes halogenated alkanes) is 1. The van der Waals surface area contributed by atoms with Crippen molar-refractivity contribution in [2.45, 2.75) is 32.5 Å². The number of rotatable bonds is 8. The maximum absolute atomic E-state index is 8.67. The van der Waals surface area contributed by atoms with Crippen molar-refractivity contribution in [1.82, 2.24) is 0 Å². The van der Waals surface area contributed by atoms with Gasteiger partial charge in [0.15, 0.2) is 0 Å². The summed E-state index contributed by atoms with van der Waals surface area (Å²) in [5.74, 6) is 0. The molecule has 1 N–H and O–H groups in total. The van der Waals surface area contributed by atoms with Gasteiger partial charge in [0.2, 0.25) is 0 Å². The van der Waals surface area contributed by atoms with E-state index in [1.165, 1.54) is 5.56 Å². The lowest BCUT2D eigenvalue weighted by Gasteiger charge is -2.13. The minimum absolute atomic E-state index is 0.00980. The van der Waals surface area contributed by atoms with Crippen molar-refractivity contribution in [3.05, 3.63) is 60.2 Å². The molecule has 0 spiro atoms. The first-order valence-electron chi connectivity index (χ1n) is 6.35. The highest BCUT2D eigenvalue weighted by molar-refractivity contribution is 5.19. The molecule has 0 saturated heterocycles. The van der Waals surface area contributed by atoms with Crippen LogP contribution in [0, 0.1) is 0 Å². The molecule has 0 saturated carbocycles. The molecule has 2 heteroatoms. The summed E-state index contributed by atoms with van der Waals surface area (Å²) in [7, 11) is 0. The third-order valence-electron chi connectivity index (χ3n) is 2.73. The number of hydrogen-bond donors (Lipinski definition) is 1. The fraction of sp³-hybridized carbons (Fsp3) is 0.375. The van der Waals surface area contributed by atoms with E-state index in [9.17, 15) is 0 Å². The van der Waals surface area contributed by atoms with Crippen LogP contribution in [0.1, 0.15) is 25.3 Å². The zero-order valence-electron chi connectivity index (χ0n) is 11.0. The standard InChI is InChI=1S/C16H22O2/c1-14(9-5-4-8-12-17)15(2)18-13-16-10-6-3-7-11-16/h3,5-7,9-11,15,17H,1,4,8,12-13H2,2H3/b9-5+. The highest BCUT2D eigenvalue weighted by atomic mass is 16.5. The van der Waals surface area contributed by atoms with E-state index in [1.807, 2.05) is 49.4 Å². The van der Waals surface area contributed by atoms with Crippen LogP contribution in [0.2, 0.25) is 0 Å². The van der Waals surface area contributed by atoms with E-state index >= 15 is 0 Å². The van der Waals surface area contributed by atoms with Crippen molar-refractivity contribution in [2.75, 3.05) is 6.61 Å². The maximum Gasteiger partial charge on any atom is 0.0795 e. The number of allylic oxidation sites excluding steroid dienone is 1. The molecule has 0 heterocycles. The van der Waals surface area contributed by atoms with Gasteiger partial charge in [-0.15, -0.1) is 0 Å². The first-order valence-corrected chi connectivity index (χ1v) is 6.35. The van der Waals surface area contributed by atoms with Gasteiger partial charge in [0.05, 0.1) is 12.7 Å². The monoisotopic (exact) mass is 246 g/mol. The first-order chi connectivity index (χ1) is 8.74. The van der Waals surface area contributed by atoms with Crippen LogP contribution in [-0.4, -0.2) is 17.8 Å². The Kier molecular flexibility index (Phi) is 7.07. The minimum atomic E-state index is 0.00980. The number of ether oxygens (including phenoxy) is 1. The van der Waals surface area contributed by atoms with Gasteiger partial charge in [-0.2, -0.15) is 0 Å². The second kappa shape index (κ2) is 8.67. The Hall–Kier alpha value is -1.38. The molecule has 1 atom stereocenters. The fourth-order valence-corrected chi connectivity index (χ4v) is 1.48. The molecule has 0 aliphatic rings. The van der Waals surface area contributed by atoms with Crippen molar-refractivity contribution in [2.24, 2.45) is 0 Å². The minimum Gasteiger partial charge on any atom is -0.396 e. The predicted octanol–water partition coefficient (Wildman–Crippen LogP) is 3.48. The van der Waals surface area contributed by atoms with Crippen LogP contribution in [0.3, 0.4) is 0 Å². The zero-order valence-corrected chi connectivity index (χ0v) is 11.0. The first kappa shape index (κ1) is 14.7. The van der Waals surface area contributed by atoms with Crippen LogP contribution >= 0.6 is 0 Å². The van der Waals surface area contributed by atoms with Gasteiger partial charge in [-0.25, -0.2) is 0 Å². The van der Waals surface area contributed by atoms with E-state index in [0.717, 1.165) is 18.4 Å². The lowest BCUT2D eigenvalue weighted by Crippen LogP contribution is -2.09. The van der Waals surface area contributed by atoms with Crippen LogP contribution < -0.4 is 0 Å². The molecule has 0 aromatic heterocycles. The van der Waals surface area contributed by atoms with E-state index < -0.39 is 0 Å². The van der Waals surface area contributed by atoms with E-state index in [-0.39, 0.29) is 12.7 Å². The summed E-state index contributed by atoms with van der Waals surface area (Å²) in [4.78, 5) is 0. The normalized spacial score (nSPS) is 12.8. The largest absolute Gasteiger partial charge is 0.396 e. The van der Waals surface area contributed by atoms with Gasteiger partial charge < -0.3 is 9.84 Å². The van der Waals surface area contributed by atoms with Crippen LogP contribution in [0.4, 0.5) is 0 Å². The molecular formula is C16H22O2. The van der Waals surface area contributed by atoms with Crippen molar-refractivity contribution in [3.8, 4) is 0 Å². The molecule has 98 valence electrons. The molecule has 0 bridgehead atoms. The number of hydrogen-bond acceptors (Lipinski definition) is 2. The molecule has 1 rings (SSSR count). The van der Waals surface area contributed by atoms with E-state index in [4.69, 9.17) is 9.84 Å². The molecular weight excluding hydrogens is 224 g/mol. The van der Waals surface area contributed by atoms with Gasteiger partial charge >= 0.3 is 0 Å². The molecule has 1 aromatic carbocycles. The lowest BCUT2D eigenvalue weighted by molar-refractivity contribution is 0.0790. The van der Waals surface area contributed by atoms with Gasteiger partial charge in [0.1, 0.15) is 0 Å². The fourth-order valence-electron chi connectivity index (χ4n) is 1.48. The number of aliphatic hydroxyl groups is 1. The van der Waals surface area contributed by atoms with Crippen LogP contribution in [0.15, 0.2) is 54.6 Å². The van der Waals surface area contributed by atoms with Gasteiger partial charge in [-0.3, -0.25) is 0 Å². The summed E-state index contributed by atoms with van der Waals surface area (Å²) >= 11 is 0. The Bertz CT molecular complexity index is 368. The van der Waals surface area contributed by atoms with Crippen molar-refractivity contribution in [1.29, 1.82) is 0 Å². The molecule has 0 aliphatic carbocycles. The topological polar surface area (TPSA) is 29.5 Å². The van der Waals surface area contributed by atoms with Crippen LogP contribution in [0.25, 0.3) is 0 Å².